The van der Waals surface area contributed by atoms with Gasteiger partial charge in [0.1, 0.15) is 19.0 Å². The Labute approximate surface area is 185 Å². The summed E-state index contributed by atoms with van der Waals surface area (Å²) in [5.41, 5.74) is 2.46. The summed E-state index contributed by atoms with van der Waals surface area (Å²) in [6.45, 7) is 2.74. The van der Waals surface area contributed by atoms with Gasteiger partial charge in [0.2, 0.25) is 5.91 Å². The highest BCUT2D eigenvalue weighted by molar-refractivity contribution is 8.00. The number of rotatable bonds is 5. The molecule has 1 N–H and O–H groups in total. The van der Waals surface area contributed by atoms with E-state index in [-0.39, 0.29) is 5.91 Å². The van der Waals surface area contributed by atoms with Crippen molar-refractivity contribution in [3.8, 4) is 17.2 Å². The van der Waals surface area contributed by atoms with E-state index >= 15 is 0 Å². The number of amides is 1. The number of carbonyl (C=O) groups excluding carboxylic acids is 1. The predicted octanol–water partition coefficient (Wildman–Crippen LogP) is 4.45. The van der Waals surface area contributed by atoms with Gasteiger partial charge in [-0.25, -0.2) is 0 Å². The smallest absolute Gasteiger partial charge is 0.232 e. The molecular formula is C24H26N2O4S. The van der Waals surface area contributed by atoms with Crippen molar-refractivity contribution in [2.24, 2.45) is 0 Å². The zero-order valence-electron chi connectivity index (χ0n) is 17.6. The number of ether oxygens (including phenoxy) is 3. The molecule has 2 aliphatic rings. The number of aromatic nitrogens is 1. The van der Waals surface area contributed by atoms with E-state index in [9.17, 15) is 4.79 Å². The fourth-order valence-electron chi connectivity index (χ4n) is 4.38. The molecule has 3 aromatic rings. The minimum Gasteiger partial charge on any atom is -0.497 e. The Morgan fingerprint density at radius 1 is 1.13 bits per heavy atom. The highest BCUT2D eigenvalue weighted by Crippen LogP contribution is 2.36. The quantitative estimate of drug-likeness (QED) is 0.597. The van der Waals surface area contributed by atoms with Crippen LogP contribution < -0.4 is 14.2 Å². The molecule has 162 valence electrons. The standard InChI is InChI=1S/C24H26N2O4S/c1-28-17-2-4-21-19(12-17)20(14-25-21)16-6-8-26(9-7-16)24(27)15-31-18-3-5-22-23(13-18)30-11-10-29-22/h2-5,12-14,16,25H,6-11,15H2,1H3. The van der Waals surface area contributed by atoms with Crippen molar-refractivity contribution < 1.29 is 19.0 Å². The molecule has 0 radical (unpaired) electrons. The highest BCUT2D eigenvalue weighted by atomic mass is 32.2. The molecule has 5 rings (SSSR count). The Morgan fingerprint density at radius 3 is 2.74 bits per heavy atom. The zero-order valence-corrected chi connectivity index (χ0v) is 18.4. The first-order valence-corrected chi connectivity index (χ1v) is 11.6. The van der Waals surface area contributed by atoms with Crippen LogP contribution in [0.25, 0.3) is 10.9 Å². The average Bonchev–Trinajstić information content (AvgIpc) is 3.25. The summed E-state index contributed by atoms with van der Waals surface area (Å²) < 4.78 is 16.6. The predicted molar refractivity (Wildman–Crippen MR) is 122 cm³/mol. The number of benzene rings is 2. The second kappa shape index (κ2) is 8.75. The van der Waals surface area contributed by atoms with Gasteiger partial charge in [-0.15, -0.1) is 11.8 Å². The van der Waals surface area contributed by atoms with Crippen molar-refractivity contribution in [2.75, 3.05) is 39.2 Å². The second-order valence-electron chi connectivity index (χ2n) is 7.90. The Bertz CT molecular complexity index is 1090. The zero-order chi connectivity index (χ0) is 21.2. The van der Waals surface area contributed by atoms with Crippen LogP contribution in [0.5, 0.6) is 17.2 Å². The van der Waals surface area contributed by atoms with E-state index in [2.05, 4.69) is 23.3 Å². The van der Waals surface area contributed by atoms with Crippen molar-refractivity contribution in [2.45, 2.75) is 23.7 Å². The molecule has 1 aromatic heterocycles. The first-order valence-electron chi connectivity index (χ1n) is 10.7. The van der Waals surface area contributed by atoms with Gasteiger partial charge in [-0.3, -0.25) is 4.79 Å². The lowest BCUT2D eigenvalue weighted by Gasteiger charge is -2.32. The molecule has 1 fully saturated rings. The Balaban J connectivity index is 1.17. The third kappa shape index (κ3) is 4.19. The lowest BCUT2D eigenvalue weighted by molar-refractivity contribution is -0.129. The minimum atomic E-state index is 0.193. The van der Waals surface area contributed by atoms with Gasteiger partial charge in [-0.05, 0) is 60.7 Å². The molecule has 6 nitrogen and oxygen atoms in total. The minimum absolute atomic E-state index is 0.193. The molecule has 0 aliphatic carbocycles. The number of hydrogen-bond acceptors (Lipinski definition) is 5. The maximum Gasteiger partial charge on any atom is 0.232 e. The van der Waals surface area contributed by atoms with Gasteiger partial charge in [0.05, 0.1) is 12.9 Å². The first kappa shape index (κ1) is 20.1. The van der Waals surface area contributed by atoms with E-state index < -0.39 is 0 Å². The second-order valence-corrected chi connectivity index (χ2v) is 8.95. The summed E-state index contributed by atoms with van der Waals surface area (Å²) in [6.07, 6.45) is 4.07. The van der Waals surface area contributed by atoms with Crippen LogP contribution in [0.4, 0.5) is 0 Å². The van der Waals surface area contributed by atoms with Gasteiger partial charge in [-0.1, -0.05) is 0 Å². The van der Waals surface area contributed by atoms with Crippen molar-refractivity contribution >= 4 is 28.6 Å². The number of hydrogen-bond donors (Lipinski definition) is 1. The summed E-state index contributed by atoms with van der Waals surface area (Å²) in [6, 6.07) is 12.0. The van der Waals surface area contributed by atoms with Crippen LogP contribution in [0.3, 0.4) is 0 Å². The van der Waals surface area contributed by atoms with Gasteiger partial charge in [0.15, 0.2) is 11.5 Å². The molecule has 3 heterocycles. The normalized spacial score (nSPS) is 16.5. The topological polar surface area (TPSA) is 63.8 Å². The third-order valence-corrected chi connectivity index (χ3v) is 7.06. The Morgan fingerprint density at radius 2 is 1.94 bits per heavy atom. The van der Waals surface area contributed by atoms with E-state index in [1.165, 1.54) is 10.9 Å². The Hall–Kier alpha value is -2.80. The molecule has 1 amide bonds. The number of H-pyrrole nitrogens is 1. The monoisotopic (exact) mass is 438 g/mol. The summed E-state index contributed by atoms with van der Waals surface area (Å²) in [5.74, 6) is 3.50. The number of nitrogens with one attached hydrogen (secondary N) is 1. The molecule has 7 heteroatoms. The molecule has 0 spiro atoms. The number of carbonyl (C=O) groups is 1. The fraction of sp³-hybridized carbons (Fsp3) is 0.375. The molecule has 2 aliphatic heterocycles. The molecule has 31 heavy (non-hydrogen) atoms. The van der Waals surface area contributed by atoms with E-state index in [1.54, 1.807) is 18.9 Å². The number of piperidine rings is 1. The van der Waals surface area contributed by atoms with E-state index in [4.69, 9.17) is 14.2 Å². The SMILES string of the molecule is COc1ccc2[nH]cc(C3CCN(C(=O)CSc4ccc5c(c4)OCCO5)CC3)c2c1. The van der Waals surface area contributed by atoms with Gasteiger partial charge >= 0.3 is 0 Å². The molecule has 0 bridgehead atoms. The van der Waals surface area contributed by atoms with Gasteiger partial charge in [-0.2, -0.15) is 0 Å². The fourth-order valence-corrected chi connectivity index (χ4v) is 5.20. The maximum absolute atomic E-state index is 12.8. The van der Waals surface area contributed by atoms with Gasteiger partial charge in [0, 0.05) is 35.1 Å². The van der Waals surface area contributed by atoms with E-state index in [1.807, 2.05) is 29.2 Å². The van der Waals surface area contributed by atoms with Gasteiger partial charge < -0.3 is 24.1 Å². The van der Waals surface area contributed by atoms with Crippen molar-refractivity contribution in [1.82, 2.24) is 9.88 Å². The maximum atomic E-state index is 12.8. The third-order valence-electron chi connectivity index (χ3n) is 6.08. The summed E-state index contributed by atoms with van der Waals surface area (Å²) in [5, 5.41) is 1.22. The molecular weight excluding hydrogens is 412 g/mol. The van der Waals surface area contributed by atoms with Crippen LogP contribution in [0.15, 0.2) is 47.5 Å². The van der Waals surface area contributed by atoms with Crippen LogP contribution in [0, 0.1) is 0 Å². The van der Waals surface area contributed by atoms with Crippen molar-refractivity contribution in [1.29, 1.82) is 0 Å². The summed E-state index contributed by atoms with van der Waals surface area (Å²) in [4.78, 5) is 19.2. The van der Waals surface area contributed by atoms with Crippen LogP contribution in [-0.2, 0) is 4.79 Å². The number of thioether (sulfide) groups is 1. The highest BCUT2D eigenvalue weighted by Gasteiger charge is 2.25. The van der Waals surface area contributed by atoms with Crippen molar-refractivity contribution in [3.05, 3.63) is 48.2 Å². The number of fused-ring (bicyclic) bond motifs is 2. The van der Waals surface area contributed by atoms with Crippen LogP contribution in [0.1, 0.15) is 24.3 Å². The van der Waals surface area contributed by atoms with Gasteiger partial charge in [0.25, 0.3) is 0 Å². The Kier molecular flexibility index (Phi) is 5.68. The van der Waals surface area contributed by atoms with Crippen LogP contribution >= 0.6 is 11.8 Å². The largest absolute Gasteiger partial charge is 0.497 e. The molecule has 0 saturated carbocycles. The number of nitrogens with zero attached hydrogens (tertiary/aromatic N) is 1. The van der Waals surface area contributed by atoms with Crippen LogP contribution in [0.2, 0.25) is 0 Å². The first-order chi connectivity index (χ1) is 15.2. The number of aromatic amines is 1. The lowest BCUT2D eigenvalue weighted by atomic mass is 9.89. The molecule has 0 unspecified atom stereocenters. The lowest BCUT2D eigenvalue weighted by Crippen LogP contribution is -2.38. The summed E-state index contributed by atoms with van der Waals surface area (Å²) in [7, 11) is 1.70. The molecule has 0 atom stereocenters. The average molecular weight is 439 g/mol. The molecule has 1 saturated heterocycles. The van der Waals surface area contributed by atoms with Crippen LogP contribution in [-0.4, -0.2) is 55.0 Å². The van der Waals surface area contributed by atoms with E-state index in [0.29, 0.717) is 24.9 Å². The number of likely N-dealkylation sites (tertiary alicyclic amines) is 1. The van der Waals surface area contributed by atoms with E-state index in [0.717, 1.165) is 53.6 Å². The summed E-state index contributed by atoms with van der Waals surface area (Å²) >= 11 is 1.55. The number of methoxy groups -OCH3 is 1. The van der Waals surface area contributed by atoms with Crippen molar-refractivity contribution in [3.63, 3.8) is 0 Å². The molecule has 2 aromatic carbocycles.